The summed E-state index contributed by atoms with van der Waals surface area (Å²) in [4.78, 5) is 30.3. The molecule has 0 atom stereocenters. The lowest BCUT2D eigenvalue weighted by molar-refractivity contribution is -0.118. The number of allylic oxidation sites excluding steroid dienone is 1. The Morgan fingerprint density at radius 2 is 1.94 bits per heavy atom. The van der Waals surface area contributed by atoms with Crippen molar-refractivity contribution in [2.45, 2.75) is 18.2 Å². The summed E-state index contributed by atoms with van der Waals surface area (Å²) in [5, 5.41) is 5.75. The molecule has 0 aliphatic rings. The first-order valence-corrected chi connectivity index (χ1v) is 11.2. The van der Waals surface area contributed by atoms with Gasteiger partial charge in [0.25, 0.3) is 5.56 Å². The number of carbonyl (C=O) groups excluding carboxylic acids is 1. The number of thioether (sulfide) groups is 1. The average Bonchev–Trinajstić information content (AvgIpc) is 3.26. The van der Waals surface area contributed by atoms with Gasteiger partial charge in [-0.25, -0.2) is 4.98 Å². The van der Waals surface area contributed by atoms with Crippen LogP contribution in [0.15, 0.2) is 46.2 Å². The van der Waals surface area contributed by atoms with Crippen LogP contribution in [0.1, 0.15) is 5.56 Å². The van der Waals surface area contributed by atoms with Crippen molar-refractivity contribution in [3.8, 4) is 17.2 Å². The molecule has 0 aliphatic carbocycles. The van der Waals surface area contributed by atoms with E-state index in [9.17, 15) is 9.59 Å². The fraction of sp³-hybridized carbons (Fsp3) is 0.286. The SMILES string of the molecule is C=CCn1c(SCC(=O)NCc2cc(OC)c(OC)cc2OC)nc2sccc2c1=O. The number of carbonyl (C=O) groups is 1. The van der Waals surface area contributed by atoms with Gasteiger partial charge in [-0.2, -0.15) is 0 Å². The molecule has 0 unspecified atom stereocenters. The minimum Gasteiger partial charge on any atom is -0.496 e. The summed E-state index contributed by atoms with van der Waals surface area (Å²) in [6, 6.07) is 5.23. The van der Waals surface area contributed by atoms with Crippen LogP contribution in [0, 0.1) is 0 Å². The Kier molecular flexibility index (Phi) is 7.59. The summed E-state index contributed by atoms with van der Waals surface area (Å²) in [6.07, 6.45) is 1.63. The zero-order valence-corrected chi connectivity index (χ0v) is 19.1. The second-order valence-electron chi connectivity index (χ2n) is 6.32. The van der Waals surface area contributed by atoms with Crippen LogP contribution in [0.3, 0.4) is 0 Å². The number of nitrogens with one attached hydrogen (secondary N) is 1. The fourth-order valence-electron chi connectivity index (χ4n) is 2.94. The van der Waals surface area contributed by atoms with E-state index in [1.165, 1.54) is 27.7 Å². The summed E-state index contributed by atoms with van der Waals surface area (Å²) in [7, 11) is 4.64. The number of hydrogen-bond donors (Lipinski definition) is 1. The third-order valence-corrected chi connectivity index (χ3v) is 6.24. The first kappa shape index (κ1) is 22.7. The van der Waals surface area contributed by atoms with Crippen molar-refractivity contribution in [3.63, 3.8) is 0 Å². The topological polar surface area (TPSA) is 91.7 Å². The normalized spacial score (nSPS) is 10.7. The maximum atomic E-state index is 12.7. The second-order valence-corrected chi connectivity index (χ2v) is 8.16. The van der Waals surface area contributed by atoms with Crippen molar-refractivity contribution in [3.05, 3.63) is 52.2 Å². The minimum absolute atomic E-state index is 0.107. The molecule has 1 amide bonds. The highest BCUT2D eigenvalue weighted by molar-refractivity contribution is 7.99. The van der Waals surface area contributed by atoms with Gasteiger partial charge in [0.2, 0.25) is 5.91 Å². The fourth-order valence-corrected chi connectivity index (χ4v) is 4.58. The predicted molar refractivity (Wildman–Crippen MR) is 123 cm³/mol. The molecule has 3 aromatic rings. The summed E-state index contributed by atoms with van der Waals surface area (Å²) >= 11 is 2.60. The van der Waals surface area contributed by atoms with Crippen LogP contribution in [0.5, 0.6) is 17.2 Å². The Hall–Kier alpha value is -2.98. The van der Waals surface area contributed by atoms with Crippen LogP contribution in [0.25, 0.3) is 10.2 Å². The maximum absolute atomic E-state index is 12.7. The van der Waals surface area contributed by atoms with Crippen LogP contribution >= 0.6 is 23.1 Å². The van der Waals surface area contributed by atoms with Gasteiger partial charge in [-0.3, -0.25) is 14.2 Å². The molecule has 3 rings (SSSR count). The van der Waals surface area contributed by atoms with Crippen LogP contribution < -0.4 is 25.1 Å². The second kappa shape index (κ2) is 10.4. The molecule has 2 aromatic heterocycles. The molecule has 8 nitrogen and oxygen atoms in total. The Morgan fingerprint density at radius 1 is 1.23 bits per heavy atom. The van der Waals surface area contributed by atoms with E-state index in [0.717, 1.165) is 5.56 Å². The Labute approximate surface area is 187 Å². The van der Waals surface area contributed by atoms with Crippen LogP contribution in [-0.4, -0.2) is 42.5 Å². The van der Waals surface area contributed by atoms with Crippen molar-refractivity contribution in [1.29, 1.82) is 0 Å². The highest BCUT2D eigenvalue weighted by atomic mass is 32.2. The molecule has 0 saturated carbocycles. The first-order chi connectivity index (χ1) is 15.0. The van der Waals surface area contributed by atoms with E-state index in [0.29, 0.717) is 39.2 Å². The van der Waals surface area contributed by atoms with E-state index >= 15 is 0 Å². The van der Waals surface area contributed by atoms with E-state index in [-0.39, 0.29) is 23.8 Å². The molecule has 0 spiro atoms. The third-order valence-electron chi connectivity index (χ3n) is 4.46. The highest BCUT2D eigenvalue weighted by Crippen LogP contribution is 2.34. The Balaban J connectivity index is 1.71. The molecule has 31 heavy (non-hydrogen) atoms. The number of fused-ring (bicyclic) bond motifs is 1. The van der Waals surface area contributed by atoms with E-state index in [4.69, 9.17) is 14.2 Å². The van der Waals surface area contributed by atoms with E-state index in [1.54, 1.807) is 45.6 Å². The van der Waals surface area contributed by atoms with Gasteiger partial charge in [0.1, 0.15) is 10.6 Å². The molecule has 0 bridgehead atoms. The smallest absolute Gasteiger partial charge is 0.263 e. The molecule has 10 heteroatoms. The van der Waals surface area contributed by atoms with Gasteiger partial charge in [-0.15, -0.1) is 17.9 Å². The largest absolute Gasteiger partial charge is 0.496 e. The molecule has 0 aliphatic heterocycles. The van der Waals surface area contributed by atoms with Crippen LogP contribution in [0.2, 0.25) is 0 Å². The summed E-state index contributed by atoms with van der Waals surface area (Å²) < 4.78 is 17.5. The lowest BCUT2D eigenvalue weighted by atomic mass is 10.1. The van der Waals surface area contributed by atoms with E-state index < -0.39 is 0 Å². The number of benzene rings is 1. The molecule has 0 saturated heterocycles. The van der Waals surface area contributed by atoms with Crippen molar-refractivity contribution < 1.29 is 19.0 Å². The average molecular weight is 462 g/mol. The molecule has 2 heterocycles. The molecule has 1 aromatic carbocycles. The number of rotatable bonds is 10. The number of aromatic nitrogens is 2. The van der Waals surface area contributed by atoms with Gasteiger partial charge >= 0.3 is 0 Å². The number of methoxy groups -OCH3 is 3. The van der Waals surface area contributed by atoms with Crippen molar-refractivity contribution in [1.82, 2.24) is 14.9 Å². The highest BCUT2D eigenvalue weighted by Gasteiger charge is 2.15. The monoisotopic (exact) mass is 461 g/mol. The molecule has 0 fully saturated rings. The van der Waals surface area contributed by atoms with Gasteiger partial charge in [-0.1, -0.05) is 17.8 Å². The van der Waals surface area contributed by atoms with Gasteiger partial charge in [-0.05, 0) is 17.5 Å². The lowest BCUT2D eigenvalue weighted by Crippen LogP contribution is -2.26. The number of hydrogen-bond acceptors (Lipinski definition) is 8. The summed E-state index contributed by atoms with van der Waals surface area (Å²) in [6.45, 7) is 4.28. The molecule has 1 N–H and O–H groups in total. The first-order valence-electron chi connectivity index (χ1n) is 9.29. The summed E-state index contributed by atoms with van der Waals surface area (Å²) in [5.41, 5.74) is 0.615. The van der Waals surface area contributed by atoms with Crippen molar-refractivity contribution in [2.75, 3.05) is 27.1 Å². The quantitative estimate of drug-likeness (QED) is 0.282. The van der Waals surface area contributed by atoms with Crippen molar-refractivity contribution in [2.24, 2.45) is 0 Å². The molecule has 0 radical (unpaired) electrons. The Morgan fingerprint density at radius 3 is 2.61 bits per heavy atom. The van der Waals surface area contributed by atoms with Gasteiger partial charge < -0.3 is 19.5 Å². The Bertz CT molecular complexity index is 1160. The van der Waals surface area contributed by atoms with Crippen LogP contribution in [0.4, 0.5) is 0 Å². The van der Waals surface area contributed by atoms with E-state index in [2.05, 4.69) is 16.9 Å². The zero-order chi connectivity index (χ0) is 22.4. The lowest BCUT2D eigenvalue weighted by Gasteiger charge is -2.14. The molecular formula is C21H23N3O5S2. The number of amides is 1. The molecular weight excluding hydrogens is 438 g/mol. The van der Waals surface area contributed by atoms with Crippen LogP contribution in [-0.2, 0) is 17.9 Å². The summed E-state index contributed by atoms with van der Waals surface area (Å²) in [5.74, 6) is 1.57. The standard InChI is InChI=1S/C21H23N3O5S2/c1-5-7-24-20(26)14-6-8-30-19(14)23-21(24)31-12-18(25)22-11-13-9-16(28-3)17(29-4)10-15(13)27-2/h5-6,8-10H,1,7,11-12H2,2-4H3,(H,22,25). The van der Waals surface area contributed by atoms with E-state index in [1.807, 2.05) is 5.38 Å². The number of ether oxygens (including phenoxy) is 3. The molecule has 164 valence electrons. The van der Waals surface area contributed by atoms with Gasteiger partial charge in [0, 0.05) is 24.7 Å². The van der Waals surface area contributed by atoms with Gasteiger partial charge in [0.05, 0.1) is 32.5 Å². The van der Waals surface area contributed by atoms with Gasteiger partial charge in [0.15, 0.2) is 16.7 Å². The predicted octanol–water partition coefficient (Wildman–Crippen LogP) is 3.08. The third kappa shape index (κ3) is 5.02. The number of nitrogens with zero attached hydrogens (tertiary/aromatic N) is 2. The van der Waals surface area contributed by atoms with Crippen molar-refractivity contribution >= 4 is 39.2 Å². The number of thiophene rings is 1. The maximum Gasteiger partial charge on any atom is 0.263 e. The zero-order valence-electron chi connectivity index (χ0n) is 17.5. The minimum atomic E-state index is -0.201.